The number of sulfonamides is 1. The highest BCUT2D eigenvalue weighted by atomic mass is 32.2. The molecule has 10 nitrogen and oxygen atoms in total. The van der Waals surface area contributed by atoms with E-state index >= 15 is 0 Å². The Bertz CT molecular complexity index is 1240. The van der Waals surface area contributed by atoms with Gasteiger partial charge in [-0.1, -0.05) is 12.1 Å². The summed E-state index contributed by atoms with van der Waals surface area (Å²) < 4.78 is 33.1. The standard InChI is InChI=1S/C20H17N3O7S/c1-30-19-5-3-2-4-16(19)22-31(28,29)15-10-11-18(24)17(12-15)21-20(25)13-6-8-14(9-7-13)23(26)27/h2-12,22,24H,1H3,(H,21,25). The number of phenols is 1. The zero-order valence-electron chi connectivity index (χ0n) is 16.1. The van der Waals surface area contributed by atoms with Gasteiger partial charge in [0.1, 0.15) is 11.5 Å². The molecule has 0 saturated carbocycles. The summed E-state index contributed by atoms with van der Waals surface area (Å²) >= 11 is 0. The lowest BCUT2D eigenvalue weighted by Crippen LogP contribution is -2.15. The number of benzene rings is 3. The summed E-state index contributed by atoms with van der Waals surface area (Å²) in [7, 11) is -2.67. The minimum Gasteiger partial charge on any atom is -0.506 e. The molecular weight excluding hydrogens is 426 g/mol. The van der Waals surface area contributed by atoms with E-state index in [2.05, 4.69) is 10.0 Å². The summed E-state index contributed by atoms with van der Waals surface area (Å²) in [6.07, 6.45) is 0. The van der Waals surface area contributed by atoms with Crippen LogP contribution in [0.15, 0.2) is 71.6 Å². The third-order valence-electron chi connectivity index (χ3n) is 4.22. The summed E-state index contributed by atoms with van der Waals surface area (Å²) in [5.74, 6) is -0.722. The first-order valence-corrected chi connectivity index (χ1v) is 10.2. The van der Waals surface area contributed by atoms with E-state index in [0.717, 1.165) is 24.3 Å². The molecule has 1 amide bonds. The normalized spacial score (nSPS) is 10.9. The molecule has 0 spiro atoms. The van der Waals surface area contributed by atoms with E-state index < -0.39 is 20.9 Å². The number of para-hydroxylation sites is 2. The smallest absolute Gasteiger partial charge is 0.269 e. The summed E-state index contributed by atoms with van der Waals surface area (Å²) in [6, 6.07) is 14.6. The molecule has 160 valence electrons. The van der Waals surface area contributed by atoms with Crippen LogP contribution in [0, 0.1) is 10.1 Å². The first-order chi connectivity index (χ1) is 14.7. The molecule has 31 heavy (non-hydrogen) atoms. The largest absolute Gasteiger partial charge is 0.506 e. The maximum absolute atomic E-state index is 12.8. The van der Waals surface area contributed by atoms with Gasteiger partial charge in [0.2, 0.25) is 0 Å². The molecule has 3 N–H and O–H groups in total. The second-order valence-electron chi connectivity index (χ2n) is 6.24. The van der Waals surface area contributed by atoms with Crippen LogP contribution in [0.4, 0.5) is 17.1 Å². The average molecular weight is 443 g/mol. The second-order valence-corrected chi connectivity index (χ2v) is 7.93. The van der Waals surface area contributed by atoms with Gasteiger partial charge in [-0.2, -0.15) is 0 Å². The van der Waals surface area contributed by atoms with Crippen molar-refractivity contribution in [2.75, 3.05) is 17.1 Å². The van der Waals surface area contributed by atoms with Crippen LogP contribution in [0.3, 0.4) is 0 Å². The number of anilines is 2. The number of carbonyl (C=O) groups is 1. The van der Waals surface area contributed by atoms with Gasteiger partial charge in [-0.05, 0) is 42.5 Å². The molecule has 0 bridgehead atoms. The Morgan fingerprint density at radius 2 is 1.71 bits per heavy atom. The topological polar surface area (TPSA) is 148 Å². The van der Waals surface area contributed by atoms with Gasteiger partial charge in [-0.25, -0.2) is 8.42 Å². The minimum absolute atomic E-state index is 0.0883. The molecule has 3 aromatic rings. The van der Waals surface area contributed by atoms with Gasteiger partial charge in [0, 0.05) is 17.7 Å². The van der Waals surface area contributed by atoms with Crippen molar-refractivity contribution < 1.29 is 28.0 Å². The van der Waals surface area contributed by atoms with Crippen molar-refractivity contribution in [3.63, 3.8) is 0 Å². The van der Waals surface area contributed by atoms with Crippen LogP contribution in [0.1, 0.15) is 10.4 Å². The molecule has 0 atom stereocenters. The number of nitro groups is 1. The lowest BCUT2D eigenvalue weighted by molar-refractivity contribution is -0.384. The van der Waals surface area contributed by atoms with Crippen molar-refractivity contribution >= 4 is 33.0 Å². The molecule has 3 aromatic carbocycles. The molecule has 0 unspecified atom stereocenters. The van der Waals surface area contributed by atoms with E-state index in [1.165, 1.54) is 31.4 Å². The Labute approximate surface area is 177 Å². The van der Waals surface area contributed by atoms with Crippen LogP contribution >= 0.6 is 0 Å². The van der Waals surface area contributed by atoms with Gasteiger partial charge in [-0.15, -0.1) is 0 Å². The van der Waals surface area contributed by atoms with Crippen LogP contribution in [0.5, 0.6) is 11.5 Å². The molecule has 3 rings (SSSR count). The van der Waals surface area contributed by atoms with E-state index in [1.807, 2.05) is 0 Å². The Hall–Kier alpha value is -4.12. The van der Waals surface area contributed by atoms with E-state index in [4.69, 9.17) is 4.74 Å². The van der Waals surface area contributed by atoms with Crippen LogP contribution in [-0.2, 0) is 10.0 Å². The molecule has 0 fully saturated rings. The molecule has 0 aliphatic heterocycles. The summed E-state index contributed by atoms with van der Waals surface area (Å²) in [5.41, 5.74) is -0.0268. The van der Waals surface area contributed by atoms with Gasteiger partial charge >= 0.3 is 0 Å². The monoisotopic (exact) mass is 443 g/mol. The van der Waals surface area contributed by atoms with E-state index in [1.54, 1.807) is 18.2 Å². The quantitative estimate of drug-likeness (QED) is 0.288. The molecule has 11 heteroatoms. The average Bonchev–Trinajstić information content (AvgIpc) is 2.75. The zero-order chi connectivity index (χ0) is 22.6. The van der Waals surface area contributed by atoms with Crippen LogP contribution in [-0.4, -0.2) is 31.5 Å². The molecule has 0 heterocycles. The number of nitrogens with zero attached hydrogens (tertiary/aromatic N) is 1. The molecule has 0 radical (unpaired) electrons. The fourth-order valence-corrected chi connectivity index (χ4v) is 3.74. The number of methoxy groups -OCH3 is 1. The Morgan fingerprint density at radius 1 is 1.03 bits per heavy atom. The lowest BCUT2D eigenvalue weighted by atomic mass is 10.2. The lowest BCUT2D eigenvalue weighted by Gasteiger charge is -2.13. The number of aromatic hydroxyl groups is 1. The van der Waals surface area contributed by atoms with Gasteiger partial charge in [-0.3, -0.25) is 19.6 Å². The van der Waals surface area contributed by atoms with Crippen LogP contribution in [0.2, 0.25) is 0 Å². The number of phenolic OH excluding ortho intramolecular Hbond substituents is 1. The number of ether oxygens (including phenoxy) is 1. The number of hydrogen-bond acceptors (Lipinski definition) is 7. The molecular formula is C20H17N3O7S. The Morgan fingerprint density at radius 3 is 2.35 bits per heavy atom. The minimum atomic E-state index is -4.07. The van der Waals surface area contributed by atoms with Crippen molar-refractivity contribution in [3.05, 3.63) is 82.4 Å². The van der Waals surface area contributed by atoms with Crippen LogP contribution < -0.4 is 14.8 Å². The fraction of sp³-hybridized carbons (Fsp3) is 0.0500. The van der Waals surface area contributed by atoms with Crippen molar-refractivity contribution in [1.82, 2.24) is 0 Å². The molecule has 0 aliphatic rings. The summed E-state index contributed by atoms with van der Waals surface area (Å²) in [6.45, 7) is 0. The van der Waals surface area contributed by atoms with Gasteiger partial charge in [0.05, 0.1) is 28.3 Å². The van der Waals surface area contributed by atoms with Crippen molar-refractivity contribution in [3.8, 4) is 11.5 Å². The van der Waals surface area contributed by atoms with Crippen molar-refractivity contribution in [2.45, 2.75) is 4.90 Å². The third-order valence-corrected chi connectivity index (χ3v) is 5.58. The van der Waals surface area contributed by atoms with Gasteiger partial charge < -0.3 is 15.2 Å². The van der Waals surface area contributed by atoms with E-state index in [0.29, 0.717) is 5.75 Å². The predicted octanol–water partition coefficient (Wildman–Crippen LogP) is 3.36. The number of non-ortho nitro benzene ring substituents is 1. The summed E-state index contributed by atoms with van der Waals surface area (Å²) in [5, 5.41) is 23.2. The number of hydrogen-bond donors (Lipinski definition) is 3. The number of amides is 1. The number of carbonyl (C=O) groups excluding carboxylic acids is 1. The number of nitrogens with one attached hydrogen (secondary N) is 2. The Balaban J connectivity index is 1.85. The third kappa shape index (κ3) is 4.90. The highest BCUT2D eigenvalue weighted by molar-refractivity contribution is 7.92. The number of rotatable bonds is 7. The maximum Gasteiger partial charge on any atom is 0.269 e. The Kier molecular flexibility index (Phi) is 6.07. The highest BCUT2D eigenvalue weighted by Crippen LogP contribution is 2.30. The zero-order valence-corrected chi connectivity index (χ0v) is 16.9. The van der Waals surface area contributed by atoms with Crippen molar-refractivity contribution in [2.24, 2.45) is 0 Å². The van der Waals surface area contributed by atoms with Crippen LogP contribution in [0.25, 0.3) is 0 Å². The van der Waals surface area contributed by atoms with Gasteiger partial charge in [0.15, 0.2) is 0 Å². The fourth-order valence-electron chi connectivity index (χ4n) is 2.64. The molecule has 0 aliphatic carbocycles. The summed E-state index contributed by atoms with van der Waals surface area (Å²) in [4.78, 5) is 22.3. The highest BCUT2D eigenvalue weighted by Gasteiger charge is 2.19. The molecule has 0 aromatic heterocycles. The van der Waals surface area contributed by atoms with Gasteiger partial charge in [0.25, 0.3) is 21.6 Å². The van der Waals surface area contributed by atoms with Crippen molar-refractivity contribution in [1.29, 1.82) is 0 Å². The van der Waals surface area contributed by atoms with E-state index in [-0.39, 0.29) is 33.3 Å². The predicted molar refractivity (Wildman–Crippen MR) is 113 cm³/mol. The first kappa shape index (κ1) is 21.6. The number of nitro benzene ring substituents is 1. The van der Waals surface area contributed by atoms with E-state index in [9.17, 15) is 28.4 Å². The first-order valence-electron chi connectivity index (χ1n) is 8.76. The maximum atomic E-state index is 12.8. The second kappa shape index (κ2) is 8.71. The molecule has 0 saturated heterocycles. The SMILES string of the molecule is COc1ccccc1NS(=O)(=O)c1ccc(O)c(NC(=O)c2ccc([N+](=O)[O-])cc2)c1.